The van der Waals surface area contributed by atoms with E-state index in [0.717, 1.165) is 30.7 Å². The molecule has 15 heavy (non-hydrogen) atoms. The van der Waals surface area contributed by atoms with Crippen molar-refractivity contribution < 1.29 is 5.11 Å². The van der Waals surface area contributed by atoms with Gasteiger partial charge in [0, 0.05) is 13.1 Å². The fourth-order valence-corrected chi connectivity index (χ4v) is 3.00. The molecule has 1 aromatic rings. The lowest BCUT2D eigenvalue weighted by molar-refractivity contribution is 0.122. The van der Waals surface area contributed by atoms with E-state index in [1.807, 2.05) is 6.20 Å². The largest absolute Gasteiger partial charge is 0.393 e. The number of aromatic nitrogens is 1. The zero-order valence-electron chi connectivity index (χ0n) is 8.69. The number of aliphatic hydroxyl groups excluding tert-OH is 1. The lowest BCUT2D eigenvalue weighted by atomic mass is 9.92. The Morgan fingerprint density at radius 1 is 1.47 bits per heavy atom. The normalized spacial score (nSPS) is 26.6. The van der Waals surface area contributed by atoms with Crippen molar-refractivity contribution in [3.05, 3.63) is 10.7 Å². The van der Waals surface area contributed by atoms with Crippen molar-refractivity contribution in [2.24, 2.45) is 0 Å². The Hall–Kier alpha value is -0.320. The van der Waals surface area contributed by atoms with Gasteiger partial charge in [-0.15, -0.1) is 0 Å². The molecule has 0 spiro atoms. The van der Waals surface area contributed by atoms with Crippen molar-refractivity contribution in [1.82, 2.24) is 4.98 Å². The summed E-state index contributed by atoms with van der Waals surface area (Å²) >= 11 is 7.32. The Morgan fingerprint density at radius 2 is 2.13 bits per heavy atom. The van der Waals surface area contributed by atoms with E-state index in [2.05, 4.69) is 16.9 Å². The lowest BCUT2D eigenvalue weighted by Crippen LogP contribution is -2.35. The second-order valence-electron chi connectivity index (χ2n) is 4.02. The van der Waals surface area contributed by atoms with Crippen LogP contribution < -0.4 is 4.90 Å². The fourth-order valence-electron chi connectivity index (χ4n) is 2.03. The van der Waals surface area contributed by atoms with E-state index in [0.29, 0.717) is 10.5 Å². The number of anilines is 1. The van der Waals surface area contributed by atoms with Crippen LogP contribution in [0, 0.1) is 0 Å². The molecule has 0 bridgehead atoms. The highest BCUT2D eigenvalue weighted by Crippen LogP contribution is 2.31. The minimum Gasteiger partial charge on any atom is -0.393 e. The van der Waals surface area contributed by atoms with Crippen LogP contribution in [-0.4, -0.2) is 29.3 Å². The molecule has 1 aliphatic rings. The maximum absolute atomic E-state index is 9.43. The first kappa shape index (κ1) is 11.2. The van der Waals surface area contributed by atoms with E-state index in [1.54, 1.807) is 0 Å². The molecule has 2 rings (SSSR count). The highest BCUT2D eigenvalue weighted by atomic mass is 35.5. The van der Waals surface area contributed by atoms with E-state index in [1.165, 1.54) is 11.3 Å². The number of rotatable bonds is 2. The molecule has 1 heterocycles. The third kappa shape index (κ3) is 2.62. The summed E-state index contributed by atoms with van der Waals surface area (Å²) in [4.78, 5) is 6.27. The van der Waals surface area contributed by atoms with Crippen LogP contribution in [0.1, 0.15) is 25.7 Å². The highest BCUT2D eigenvalue weighted by molar-refractivity contribution is 7.19. The van der Waals surface area contributed by atoms with Crippen molar-refractivity contribution in [3.63, 3.8) is 0 Å². The molecule has 3 nitrogen and oxygen atoms in total. The van der Waals surface area contributed by atoms with Gasteiger partial charge >= 0.3 is 0 Å². The summed E-state index contributed by atoms with van der Waals surface area (Å²) in [6.45, 7) is 0. The van der Waals surface area contributed by atoms with E-state index >= 15 is 0 Å². The van der Waals surface area contributed by atoms with Gasteiger partial charge in [0.15, 0.2) is 4.47 Å². The first-order valence-corrected chi connectivity index (χ1v) is 6.38. The van der Waals surface area contributed by atoms with Crippen LogP contribution in [0.15, 0.2) is 6.20 Å². The summed E-state index contributed by atoms with van der Waals surface area (Å²) < 4.78 is 0.590. The molecule has 5 heteroatoms. The number of aliphatic hydroxyl groups is 1. The molecule has 1 saturated carbocycles. The third-order valence-corrected chi connectivity index (χ3v) is 4.23. The predicted octanol–water partition coefficient (Wildman–Crippen LogP) is 2.54. The highest BCUT2D eigenvalue weighted by Gasteiger charge is 2.23. The fraction of sp³-hybridized carbons (Fsp3) is 0.700. The minimum absolute atomic E-state index is 0.0975. The van der Waals surface area contributed by atoms with Crippen molar-refractivity contribution in [1.29, 1.82) is 0 Å². The standard InChI is InChI=1S/C10H15ClN2OS/c1-13(9-6-12-10(11)15-9)7-2-4-8(14)5-3-7/h6-8,14H,2-5H2,1H3. The van der Waals surface area contributed by atoms with Crippen LogP contribution in [0.5, 0.6) is 0 Å². The Kier molecular flexibility index (Phi) is 3.49. The number of hydrogen-bond donors (Lipinski definition) is 1. The van der Waals surface area contributed by atoms with Gasteiger partial charge in [-0.05, 0) is 25.7 Å². The zero-order valence-corrected chi connectivity index (χ0v) is 10.3. The van der Waals surface area contributed by atoms with Gasteiger partial charge in [0.25, 0.3) is 0 Å². The SMILES string of the molecule is CN(c1cnc(Cl)s1)C1CCC(O)CC1. The van der Waals surface area contributed by atoms with Crippen LogP contribution in [-0.2, 0) is 0 Å². The van der Waals surface area contributed by atoms with Gasteiger partial charge in [0.2, 0.25) is 0 Å². The van der Waals surface area contributed by atoms with Crippen LogP contribution >= 0.6 is 22.9 Å². The molecule has 1 aliphatic carbocycles. The quantitative estimate of drug-likeness (QED) is 0.871. The first-order chi connectivity index (χ1) is 7.16. The van der Waals surface area contributed by atoms with Crippen molar-refractivity contribution in [2.75, 3.05) is 11.9 Å². The topological polar surface area (TPSA) is 36.4 Å². The van der Waals surface area contributed by atoms with Gasteiger partial charge in [-0.1, -0.05) is 22.9 Å². The average molecular weight is 247 g/mol. The number of nitrogens with zero attached hydrogens (tertiary/aromatic N) is 2. The van der Waals surface area contributed by atoms with Crippen LogP contribution in [0.3, 0.4) is 0 Å². The molecular weight excluding hydrogens is 232 g/mol. The first-order valence-electron chi connectivity index (χ1n) is 5.19. The molecule has 1 fully saturated rings. The molecule has 0 amide bonds. The molecular formula is C10H15ClN2OS. The summed E-state index contributed by atoms with van der Waals surface area (Å²) in [6.07, 6.45) is 5.63. The van der Waals surface area contributed by atoms with Gasteiger partial charge in [-0.25, -0.2) is 4.98 Å². The van der Waals surface area contributed by atoms with Gasteiger partial charge in [-0.3, -0.25) is 0 Å². The summed E-state index contributed by atoms with van der Waals surface area (Å²) in [7, 11) is 2.08. The molecule has 1 aromatic heterocycles. The monoisotopic (exact) mass is 246 g/mol. The van der Waals surface area contributed by atoms with Crippen LogP contribution in [0.4, 0.5) is 5.00 Å². The van der Waals surface area contributed by atoms with E-state index in [9.17, 15) is 5.11 Å². The summed E-state index contributed by atoms with van der Waals surface area (Å²) in [5, 5.41) is 10.5. The van der Waals surface area contributed by atoms with E-state index in [-0.39, 0.29) is 6.10 Å². The molecule has 0 aromatic carbocycles. The minimum atomic E-state index is -0.0975. The van der Waals surface area contributed by atoms with Crippen LogP contribution in [0.25, 0.3) is 0 Å². The number of halogens is 1. The number of thiazole rings is 1. The van der Waals surface area contributed by atoms with Crippen molar-refractivity contribution in [2.45, 2.75) is 37.8 Å². The summed E-state index contributed by atoms with van der Waals surface area (Å²) in [6, 6.07) is 0.518. The molecule has 0 unspecified atom stereocenters. The van der Waals surface area contributed by atoms with Gasteiger partial charge in [-0.2, -0.15) is 0 Å². The Labute approximate surface area is 98.7 Å². The van der Waals surface area contributed by atoms with E-state index in [4.69, 9.17) is 11.6 Å². The van der Waals surface area contributed by atoms with Crippen LogP contribution in [0.2, 0.25) is 4.47 Å². The molecule has 0 aliphatic heterocycles. The Balaban J connectivity index is 1.99. The number of hydrogen-bond acceptors (Lipinski definition) is 4. The summed E-state index contributed by atoms with van der Waals surface area (Å²) in [5.74, 6) is 0. The Bertz CT molecular complexity index is 323. The third-order valence-electron chi connectivity index (χ3n) is 3.03. The molecule has 0 atom stereocenters. The van der Waals surface area contributed by atoms with Gasteiger partial charge in [0.1, 0.15) is 5.00 Å². The lowest BCUT2D eigenvalue weighted by Gasteiger charge is -2.33. The van der Waals surface area contributed by atoms with Crippen molar-refractivity contribution in [3.8, 4) is 0 Å². The summed E-state index contributed by atoms with van der Waals surface area (Å²) in [5.41, 5.74) is 0. The molecule has 0 saturated heterocycles. The molecule has 1 N–H and O–H groups in total. The van der Waals surface area contributed by atoms with E-state index < -0.39 is 0 Å². The predicted molar refractivity (Wildman–Crippen MR) is 63.8 cm³/mol. The second-order valence-corrected chi connectivity index (χ2v) is 5.62. The van der Waals surface area contributed by atoms with Gasteiger partial charge < -0.3 is 10.0 Å². The maximum atomic E-state index is 9.43. The van der Waals surface area contributed by atoms with Gasteiger partial charge in [0.05, 0.1) is 12.3 Å². The molecule has 84 valence electrons. The average Bonchev–Trinajstić information content (AvgIpc) is 2.65. The second kappa shape index (κ2) is 4.68. The smallest absolute Gasteiger partial charge is 0.185 e. The Morgan fingerprint density at radius 3 is 2.67 bits per heavy atom. The zero-order chi connectivity index (χ0) is 10.8. The molecule has 0 radical (unpaired) electrons. The maximum Gasteiger partial charge on any atom is 0.185 e. The van der Waals surface area contributed by atoms with Crippen molar-refractivity contribution >= 4 is 27.9 Å².